The van der Waals surface area contributed by atoms with Crippen LogP contribution in [-0.4, -0.2) is 11.5 Å². The number of nitrogens with one attached hydrogen (secondary N) is 1. The Morgan fingerprint density at radius 3 is 1.86 bits per heavy atom. The fourth-order valence-corrected chi connectivity index (χ4v) is 2.60. The van der Waals surface area contributed by atoms with Crippen LogP contribution in [0.25, 0.3) is 0 Å². The van der Waals surface area contributed by atoms with Crippen molar-refractivity contribution in [3.05, 3.63) is 0 Å². The van der Waals surface area contributed by atoms with Crippen molar-refractivity contribution in [2.45, 2.75) is 69.2 Å². The van der Waals surface area contributed by atoms with Crippen LogP contribution in [0.4, 0.5) is 0 Å². The molecule has 0 aromatic heterocycles. The van der Waals surface area contributed by atoms with Gasteiger partial charge in [0, 0.05) is 0 Å². The minimum Gasteiger partial charge on any atom is -0.305 e. The molecule has 0 aromatic rings. The molecule has 1 atom stereocenters. The Hall–Kier alpha value is 0.440. The van der Waals surface area contributed by atoms with Crippen LogP contribution in [0.3, 0.4) is 0 Å². The van der Waals surface area contributed by atoms with Gasteiger partial charge in [-0.05, 0) is 19.4 Å². The van der Waals surface area contributed by atoms with Gasteiger partial charge in [0.25, 0.3) is 0 Å². The van der Waals surface area contributed by atoms with E-state index in [0.29, 0.717) is 4.95 Å². The van der Waals surface area contributed by atoms with E-state index in [4.69, 9.17) is 0 Å². The van der Waals surface area contributed by atoms with Gasteiger partial charge in [-0.3, -0.25) is 0 Å². The zero-order valence-corrected chi connectivity index (χ0v) is 10.8. The Morgan fingerprint density at radius 1 is 0.714 bits per heavy atom. The van der Waals surface area contributed by atoms with Crippen molar-refractivity contribution in [3.63, 3.8) is 0 Å². The van der Waals surface area contributed by atoms with Gasteiger partial charge < -0.3 is 5.32 Å². The molecule has 2 heteroatoms. The molecule has 1 aliphatic rings. The maximum atomic E-state index is 3.69. The molecule has 0 saturated carbocycles. The number of hydrogen-bond donors (Lipinski definition) is 1. The summed E-state index contributed by atoms with van der Waals surface area (Å²) >= 11 is 3.69. The maximum absolute atomic E-state index is 3.69. The van der Waals surface area contributed by atoms with Crippen LogP contribution in [0, 0.1) is 0 Å². The highest BCUT2D eigenvalue weighted by atomic mass is 79.9. The first-order chi connectivity index (χ1) is 6.89. The molecule has 1 nitrogen and oxygen atoms in total. The number of halogens is 1. The predicted molar refractivity (Wildman–Crippen MR) is 66.9 cm³/mol. The summed E-state index contributed by atoms with van der Waals surface area (Å²) in [6, 6.07) is 0. The Labute approximate surface area is 97.2 Å². The van der Waals surface area contributed by atoms with Crippen molar-refractivity contribution in [2.75, 3.05) is 6.54 Å². The monoisotopic (exact) mass is 261 g/mol. The van der Waals surface area contributed by atoms with Crippen LogP contribution >= 0.6 is 15.9 Å². The lowest BCUT2D eigenvalue weighted by Gasteiger charge is -2.11. The third-order valence-electron chi connectivity index (χ3n) is 3.00. The van der Waals surface area contributed by atoms with E-state index in [1.807, 2.05) is 0 Å². The van der Waals surface area contributed by atoms with Crippen LogP contribution in [0.5, 0.6) is 0 Å². The highest BCUT2D eigenvalue weighted by Gasteiger charge is 2.03. The third kappa shape index (κ3) is 6.83. The first-order valence-corrected chi connectivity index (χ1v) is 7.18. The molecule has 0 aromatic carbocycles. The largest absolute Gasteiger partial charge is 0.305 e. The molecule has 0 bridgehead atoms. The maximum Gasteiger partial charge on any atom is 0.0630 e. The van der Waals surface area contributed by atoms with Gasteiger partial charge in [0.05, 0.1) is 4.95 Å². The Bertz CT molecular complexity index is 113. The van der Waals surface area contributed by atoms with Gasteiger partial charge in [0.15, 0.2) is 0 Å². The van der Waals surface area contributed by atoms with Crippen molar-refractivity contribution in [1.29, 1.82) is 0 Å². The zero-order valence-electron chi connectivity index (χ0n) is 9.23. The lowest BCUT2D eigenvalue weighted by molar-refractivity contribution is 0.551. The van der Waals surface area contributed by atoms with E-state index >= 15 is 0 Å². The van der Waals surface area contributed by atoms with Crippen LogP contribution in [0.15, 0.2) is 0 Å². The predicted octanol–water partition coefficient (Wildman–Crippen LogP) is 4.21. The lowest BCUT2D eigenvalue weighted by Crippen LogP contribution is -2.24. The number of rotatable bonds is 0. The summed E-state index contributed by atoms with van der Waals surface area (Å²) in [5.74, 6) is 0. The van der Waals surface area contributed by atoms with Crippen LogP contribution in [-0.2, 0) is 0 Å². The zero-order chi connectivity index (χ0) is 10.1. The molecule has 1 rings (SSSR count). The van der Waals surface area contributed by atoms with Gasteiger partial charge in [-0.15, -0.1) is 0 Å². The summed E-state index contributed by atoms with van der Waals surface area (Å²) in [6.45, 7) is 1.19. The molecule has 84 valence electrons. The second-order valence-electron chi connectivity index (χ2n) is 4.39. The van der Waals surface area contributed by atoms with Gasteiger partial charge >= 0.3 is 0 Å². The summed E-state index contributed by atoms with van der Waals surface area (Å²) < 4.78 is 0. The average Bonchev–Trinajstić information content (AvgIpc) is 2.20. The molecule has 0 aliphatic carbocycles. The van der Waals surface area contributed by atoms with E-state index in [2.05, 4.69) is 21.2 Å². The van der Waals surface area contributed by atoms with Gasteiger partial charge in [-0.2, -0.15) is 0 Å². The molecule has 0 radical (unpaired) electrons. The van der Waals surface area contributed by atoms with Crippen molar-refractivity contribution in [2.24, 2.45) is 0 Å². The smallest absolute Gasteiger partial charge is 0.0630 e. The minimum atomic E-state index is 0.559. The van der Waals surface area contributed by atoms with E-state index in [0.717, 1.165) is 0 Å². The second-order valence-corrected chi connectivity index (χ2v) is 5.50. The summed E-state index contributed by atoms with van der Waals surface area (Å²) in [7, 11) is 0. The van der Waals surface area contributed by atoms with Gasteiger partial charge in [0.2, 0.25) is 0 Å². The molecule has 1 aliphatic heterocycles. The van der Waals surface area contributed by atoms with E-state index < -0.39 is 0 Å². The lowest BCUT2D eigenvalue weighted by atomic mass is 10.1. The fourth-order valence-electron chi connectivity index (χ4n) is 2.05. The number of hydrogen-bond acceptors (Lipinski definition) is 1. The third-order valence-corrected chi connectivity index (χ3v) is 3.78. The van der Waals surface area contributed by atoms with Gasteiger partial charge in [0.1, 0.15) is 0 Å². The molecule has 1 N–H and O–H groups in total. The summed E-state index contributed by atoms with van der Waals surface area (Å²) in [6.07, 6.45) is 14.1. The molecule has 1 fully saturated rings. The fraction of sp³-hybridized carbons (Fsp3) is 1.00. The first-order valence-electron chi connectivity index (χ1n) is 6.27. The normalized spacial score (nSPS) is 28.5. The molecular weight excluding hydrogens is 238 g/mol. The van der Waals surface area contributed by atoms with Gasteiger partial charge in [-0.25, -0.2) is 0 Å². The van der Waals surface area contributed by atoms with Crippen molar-refractivity contribution >= 4 is 15.9 Å². The van der Waals surface area contributed by atoms with E-state index in [9.17, 15) is 0 Å². The first kappa shape index (κ1) is 12.5. The second kappa shape index (κ2) is 8.72. The molecule has 14 heavy (non-hydrogen) atoms. The Kier molecular flexibility index (Phi) is 7.80. The quantitative estimate of drug-likeness (QED) is 0.509. The molecule has 1 heterocycles. The van der Waals surface area contributed by atoms with E-state index in [1.54, 1.807) is 0 Å². The topological polar surface area (TPSA) is 12.0 Å². The Morgan fingerprint density at radius 2 is 1.21 bits per heavy atom. The van der Waals surface area contributed by atoms with Crippen LogP contribution in [0.2, 0.25) is 0 Å². The highest BCUT2D eigenvalue weighted by molar-refractivity contribution is 9.09. The molecule has 0 amide bonds. The van der Waals surface area contributed by atoms with E-state index in [-0.39, 0.29) is 0 Å². The van der Waals surface area contributed by atoms with Crippen molar-refractivity contribution in [1.82, 2.24) is 5.32 Å². The molecular formula is C12H24BrN. The summed E-state index contributed by atoms with van der Waals surface area (Å²) in [5.41, 5.74) is 0. The molecule has 0 spiro atoms. The average molecular weight is 262 g/mol. The SMILES string of the molecule is Br[C@@H]1CCCCCCCCCCCN1. The van der Waals surface area contributed by atoms with Crippen molar-refractivity contribution < 1.29 is 0 Å². The Balaban J connectivity index is 2.12. The van der Waals surface area contributed by atoms with Crippen molar-refractivity contribution in [3.8, 4) is 0 Å². The summed E-state index contributed by atoms with van der Waals surface area (Å²) in [5, 5.41) is 3.54. The molecule has 1 saturated heterocycles. The number of alkyl halides is 1. The van der Waals surface area contributed by atoms with Crippen LogP contribution in [0.1, 0.15) is 64.2 Å². The van der Waals surface area contributed by atoms with Gasteiger partial charge in [-0.1, -0.05) is 67.3 Å². The minimum absolute atomic E-state index is 0.559. The van der Waals surface area contributed by atoms with E-state index in [1.165, 1.54) is 70.8 Å². The summed E-state index contributed by atoms with van der Waals surface area (Å²) in [4.78, 5) is 0.559. The standard InChI is InChI=1S/C12H24BrN/c13-12-10-8-6-4-2-1-3-5-7-9-11-14-12/h12,14H,1-11H2/t12-/m0/s1. The molecule has 0 unspecified atom stereocenters. The van der Waals surface area contributed by atoms with Crippen LogP contribution < -0.4 is 5.32 Å². The highest BCUT2D eigenvalue weighted by Crippen LogP contribution is 2.14.